The first-order valence-corrected chi connectivity index (χ1v) is 11.0. The molecule has 3 atom stereocenters. The van der Waals surface area contributed by atoms with Gasteiger partial charge in [-0.15, -0.1) is 0 Å². The van der Waals surface area contributed by atoms with Gasteiger partial charge in [-0.2, -0.15) is 0 Å². The van der Waals surface area contributed by atoms with Crippen LogP contribution in [0.4, 0.5) is 0 Å². The lowest BCUT2D eigenvalue weighted by Crippen LogP contribution is -2.73. The molecule has 2 aliphatic heterocycles. The molecule has 0 spiro atoms. The number of aliphatic hydroxyl groups is 1. The molecule has 7 nitrogen and oxygen atoms in total. The normalized spacial score (nSPS) is 21.9. The molecule has 0 unspecified atom stereocenters. The van der Waals surface area contributed by atoms with Crippen molar-refractivity contribution in [1.82, 2.24) is 14.8 Å². The van der Waals surface area contributed by atoms with Crippen LogP contribution in [0.1, 0.15) is 21.8 Å². The maximum absolute atomic E-state index is 12.9. The minimum atomic E-state index is -0.277. The Morgan fingerprint density at radius 2 is 1.94 bits per heavy atom. The van der Waals surface area contributed by atoms with Crippen LogP contribution < -0.4 is 4.74 Å². The molecule has 2 aliphatic rings. The highest BCUT2D eigenvalue weighted by atomic mass is 16.5. The van der Waals surface area contributed by atoms with Gasteiger partial charge in [-0.3, -0.25) is 14.6 Å². The van der Waals surface area contributed by atoms with E-state index in [1.165, 1.54) is 6.20 Å². The first-order chi connectivity index (χ1) is 16.1. The van der Waals surface area contributed by atoms with Crippen molar-refractivity contribution in [3.63, 3.8) is 0 Å². The van der Waals surface area contributed by atoms with Crippen LogP contribution >= 0.6 is 0 Å². The van der Waals surface area contributed by atoms with Gasteiger partial charge in [0, 0.05) is 24.9 Å². The number of amides is 2. The highest BCUT2D eigenvalue weighted by Crippen LogP contribution is 2.43. The summed E-state index contributed by atoms with van der Waals surface area (Å²) < 4.78 is 5.32. The summed E-state index contributed by atoms with van der Waals surface area (Å²) >= 11 is 0. The number of rotatable bonds is 5. The number of benzene rings is 2. The number of carbonyl (C=O) groups is 2. The van der Waals surface area contributed by atoms with E-state index in [0.717, 1.165) is 22.4 Å². The molecule has 0 saturated carbocycles. The Balaban J connectivity index is 1.38. The molecule has 2 saturated heterocycles. The average molecular weight is 444 g/mol. The van der Waals surface area contributed by atoms with Gasteiger partial charge < -0.3 is 19.6 Å². The summed E-state index contributed by atoms with van der Waals surface area (Å²) in [5, 5.41) is 10.0. The van der Waals surface area contributed by atoms with Crippen molar-refractivity contribution in [2.24, 2.45) is 0 Å². The second-order valence-electron chi connectivity index (χ2n) is 8.43. The van der Waals surface area contributed by atoms with Gasteiger partial charge in [0.15, 0.2) is 0 Å². The van der Waals surface area contributed by atoms with Crippen molar-refractivity contribution in [3.05, 3.63) is 84.2 Å². The lowest BCUT2D eigenvalue weighted by molar-refractivity contribution is -0.159. The molecule has 33 heavy (non-hydrogen) atoms. The summed E-state index contributed by atoms with van der Waals surface area (Å²) in [4.78, 5) is 33.1. The monoisotopic (exact) mass is 443 g/mol. The van der Waals surface area contributed by atoms with Crippen molar-refractivity contribution < 1.29 is 19.4 Å². The Bertz CT molecular complexity index is 1170. The van der Waals surface area contributed by atoms with E-state index in [-0.39, 0.29) is 43.0 Å². The van der Waals surface area contributed by atoms with Crippen LogP contribution in [0.2, 0.25) is 0 Å². The maximum Gasteiger partial charge on any atom is 0.255 e. The highest BCUT2D eigenvalue weighted by Gasteiger charge is 2.54. The van der Waals surface area contributed by atoms with E-state index in [0.29, 0.717) is 12.1 Å². The standard InChI is InChI=1S/C26H25N3O4/c1-33-21-6-2-4-19(12-21)17-7-9-18(10-8-17)25-22-14-28(15-24(31)29(22)23(25)16-30)26(32)20-5-3-11-27-13-20/h2-13,22-23,25,30H,14-16H2,1H3/t22-,23-,25+/m1/s1. The predicted octanol–water partition coefficient (Wildman–Crippen LogP) is 2.57. The number of hydrogen-bond donors (Lipinski definition) is 1. The quantitative estimate of drug-likeness (QED) is 0.655. The number of carbonyl (C=O) groups excluding carboxylic acids is 2. The van der Waals surface area contributed by atoms with E-state index in [9.17, 15) is 14.7 Å². The Labute approximate surface area is 192 Å². The van der Waals surface area contributed by atoms with Gasteiger partial charge in [0.05, 0.1) is 31.4 Å². The summed E-state index contributed by atoms with van der Waals surface area (Å²) in [6, 6.07) is 19.0. The fourth-order valence-electron chi connectivity index (χ4n) is 5.03. The topological polar surface area (TPSA) is 83.0 Å². The van der Waals surface area contributed by atoms with Gasteiger partial charge in [0.1, 0.15) is 12.3 Å². The molecule has 168 valence electrons. The zero-order chi connectivity index (χ0) is 22.9. The molecule has 0 aliphatic carbocycles. The third-order valence-corrected chi connectivity index (χ3v) is 6.65. The molecular formula is C26H25N3O4. The second kappa shape index (κ2) is 8.67. The van der Waals surface area contributed by atoms with Crippen molar-refractivity contribution >= 4 is 11.8 Å². The second-order valence-corrected chi connectivity index (χ2v) is 8.43. The number of piperazine rings is 1. The van der Waals surface area contributed by atoms with Crippen LogP contribution in [0.15, 0.2) is 73.1 Å². The largest absolute Gasteiger partial charge is 0.497 e. The smallest absolute Gasteiger partial charge is 0.255 e. The number of methoxy groups -OCH3 is 1. The highest BCUT2D eigenvalue weighted by molar-refractivity contribution is 5.97. The van der Waals surface area contributed by atoms with E-state index in [2.05, 4.69) is 4.98 Å². The number of hydrogen-bond acceptors (Lipinski definition) is 5. The Kier molecular flexibility index (Phi) is 5.56. The number of aliphatic hydroxyl groups excluding tert-OH is 1. The van der Waals surface area contributed by atoms with Crippen molar-refractivity contribution in [1.29, 1.82) is 0 Å². The van der Waals surface area contributed by atoms with E-state index < -0.39 is 0 Å². The molecule has 0 radical (unpaired) electrons. The molecule has 2 amide bonds. The van der Waals surface area contributed by atoms with Crippen LogP contribution in [0.5, 0.6) is 5.75 Å². The van der Waals surface area contributed by atoms with Crippen LogP contribution in [-0.4, -0.2) is 70.6 Å². The molecule has 3 heterocycles. The van der Waals surface area contributed by atoms with Gasteiger partial charge in [-0.05, 0) is 41.0 Å². The maximum atomic E-state index is 12.9. The van der Waals surface area contributed by atoms with Gasteiger partial charge in [0.2, 0.25) is 5.91 Å². The number of aromatic nitrogens is 1. The molecule has 1 N–H and O–H groups in total. The summed E-state index contributed by atoms with van der Waals surface area (Å²) in [6.07, 6.45) is 3.13. The first-order valence-electron chi connectivity index (χ1n) is 11.0. The lowest BCUT2D eigenvalue weighted by Gasteiger charge is -2.58. The van der Waals surface area contributed by atoms with E-state index in [1.54, 1.807) is 35.2 Å². The molecule has 3 aromatic rings. The summed E-state index contributed by atoms with van der Waals surface area (Å²) in [7, 11) is 1.65. The van der Waals surface area contributed by atoms with Crippen molar-refractivity contribution in [2.45, 2.75) is 18.0 Å². The van der Waals surface area contributed by atoms with Crippen LogP contribution in [0.25, 0.3) is 11.1 Å². The zero-order valence-electron chi connectivity index (χ0n) is 18.3. The lowest BCUT2D eigenvalue weighted by atomic mass is 9.73. The third kappa shape index (κ3) is 3.74. The summed E-state index contributed by atoms with van der Waals surface area (Å²) in [5.74, 6) is 0.427. The Morgan fingerprint density at radius 3 is 2.64 bits per heavy atom. The van der Waals surface area contributed by atoms with Crippen LogP contribution in [0.3, 0.4) is 0 Å². The van der Waals surface area contributed by atoms with E-state index in [4.69, 9.17) is 4.74 Å². The zero-order valence-corrected chi connectivity index (χ0v) is 18.3. The Morgan fingerprint density at radius 1 is 1.12 bits per heavy atom. The molecular weight excluding hydrogens is 418 g/mol. The molecule has 2 aromatic carbocycles. The van der Waals surface area contributed by atoms with Crippen LogP contribution in [0, 0.1) is 0 Å². The third-order valence-electron chi connectivity index (χ3n) is 6.65. The predicted molar refractivity (Wildman–Crippen MR) is 123 cm³/mol. The number of fused-ring (bicyclic) bond motifs is 1. The van der Waals surface area contributed by atoms with Crippen molar-refractivity contribution in [3.8, 4) is 16.9 Å². The molecule has 5 rings (SSSR count). The van der Waals surface area contributed by atoms with Crippen molar-refractivity contribution in [2.75, 3.05) is 26.8 Å². The molecule has 2 fully saturated rings. The SMILES string of the molecule is COc1cccc(-c2ccc([C@@H]3[C@@H](CO)N4C(=O)CN(C(=O)c5cccnc5)C[C@H]34)cc2)c1. The van der Waals surface area contributed by atoms with Crippen LogP contribution in [-0.2, 0) is 4.79 Å². The minimum absolute atomic E-state index is 0.0161. The van der Waals surface area contributed by atoms with Gasteiger partial charge in [0.25, 0.3) is 5.91 Å². The fourth-order valence-corrected chi connectivity index (χ4v) is 5.03. The first kappa shape index (κ1) is 21.2. The average Bonchev–Trinajstić information content (AvgIpc) is 2.85. The summed E-state index contributed by atoms with van der Waals surface area (Å²) in [6.45, 7) is 0.335. The number of ether oxygens (including phenoxy) is 1. The van der Waals surface area contributed by atoms with E-state index >= 15 is 0 Å². The molecule has 7 heteroatoms. The molecule has 1 aromatic heterocycles. The molecule has 0 bridgehead atoms. The Hall–Kier alpha value is -3.71. The number of nitrogens with zero attached hydrogens (tertiary/aromatic N) is 3. The van der Waals surface area contributed by atoms with Gasteiger partial charge in [-0.1, -0.05) is 36.4 Å². The number of pyridine rings is 1. The van der Waals surface area contributed by atoms with Gasteiger partial charge in [-0.25, -0.2) is 0 Å². The minimum Gasteiger partial charge on any atom is -0.497 e. The van der Waals surface area contributed by atoms with E-state index in [1.807, 2.05) is 48.5 Å². The summed E-state index contributed by atoms with van der Waals surface area (Å²) in [5.41, 5.74) is 3.62. The fraction of sp³-hybridized carbons (Fsp3) is 0.269. The van der Waals surface area contributed by atoms with Gasteiger partial charge >= 0.3 is 0 Å².